The highest BCUT2D eigenvalue weighted by molar-refractivity contribution is 9.10. The van der Waals surface area contributed by atoms with Crippen LogP contribution in [0.3, 0.4) is 0 Å². The van der Waals surface area contributed by atoms with Gasteiger partial charge in [0, 0.05) is 5.92 Å². The third-order valence-electron chi connectivity index (χ3n) is 2.20. The average Bonchev–Trinajstić information content (AvgIpc) is 2.19. The van der Waals surface area contributed by atoms with Gasteiger partial charge in [0.25, 0.3) is 0 Å². The SMILES string of the molecule is Cc1cc(C(=O)C(C)C)c(O)c(Br)c1O. The summed E-state index contributed by atoms with van der Waals surface area (Å²) in [6, 6.07) is 1.50. The van der Waals surface area contributed by atoms with Gasteiger partial charge in [-0.1, -0.05) is 13.8 Å². The van der Waals surface area contributed by atoms with Gasteiger partial charge in [0.1, 0.15) is 16.0 Å². The molecule has 0 aliphatic heterocycles. The van der Waals surface area contributed by atoms with Crippen LogP contribution in [0.15, 0.2) is 10.5 Å². The lowest BCUT2D eigenvalue weighted by atomic mass is 9.98. The molecule has 0 aromatic heterocycles. The van der Waals surface area contributed by atoms with E-state index in [4.69, 9.17) is 0 Å². The molecule has 0 heterocycles. The molecule has 0 fully saturated rings. The summed E-state index contributed by atoms with van der Waals surface area (Å²) in [5.74, 6) is -0.562. The van der Waals surface area contributed by atoms with Gasteiger partial charge in [0.2, 0.25) is 0 Å². The average molecular weight is 273 g/mol. The first kappa shape index (κ1) is 12.0. The minimum absolute atomic E-state index is 0.0344. The maximum absolute atomic E-state index is 11.7. The quantitative estimate of drug-likeness (QED) is 0.814. The van der Waals surface area contributed by atoms with Gasteiger partial charge >= 0.3 is 0 Å². The second kappa shape index (κ2) is 4.23. The van der Waals surface area contributed by atoms with Crippen LogP contribution in [0.4, 0.5) is 0 Å². The van der Waals surface area contributed by atoms with E-state index in [1.54, 1.807) is 20.8 Å². The van der Waals surface area contributed by atoms with Crippen LogP contribution in [0.5, 0.6) is 11.5 Å². The first-order valence-electron chi connectivity index (χ1n) is 4.61. The maximum atomic E-state index is 11.7. The molecule has 1 rings (SSSR count). The Bertz CT molecular complexity index is 411. The molecule has 0 amide bonds. The van der Waals surface area contributed by atoms with Crippen molar-refractivity contribution in [1.29, 1.82) is 0 Å². The van der Waals surface area contributed by atoms with Crippen molar-refractivity contribution >= 4 is 21.7 Å². The highest BCUT2D eigenvalue weighted by Crippen LogP contribution is 2.39. The minimum Gasteiger partial charge on any atom is -0.506 e. The van der Waals surface area contributed by atoms with E-state index in [2.05, 4.69) is 15.9 Å². The topological polar surface area (TPSA) is 57.5 Å². The van der Waals surface area contributed by atoms with Crippen LogP contribution in [-0.2, 0) is 0 Å². The van der Waals surface area contributed by atoms with E-state index in [1.165, 1.54) is 6.07 Å². The summed E-state index contributed by atoms with van der Waals surface area (Å²) in [5, 5.41) is 19.2. The molecule has 0 aliphatic rings. The minimum atomic E-state index is -0.197. The van der Waals surface area contributed by atoms with Crippen molar-refractivity contribution in [1.82, 2.24) is 0 Å². The summed E-state index contributed by atoms with van der Waals surface area (Å²) in [4.78, 5) is 11.7. The lowest BCUT2D eigenvalue weighted by Crippen LogP contribution is -2.08. The number of ketones is 1. The maximum Gasteiger partial charge on any atom is 0.169 e. The van der Waals surface area contributed by atoms with E-state index in [0.717, 1.165) is 0 Å². The predicted molar refractivity (Wildman–Crippen MR) is 61.4 cm³/mol. The van der Waals surface area contributed by atoms with E-state index < -0.39 is 0 Å². The van der Waals surface area contributed by atoms with Gasteiger partial charge in [0.05, 0.1) is 5.56 Å². The van der Waals surface area contributed by atoms with Crippen LogP contribution in [0.2, 0.25) is 0 Å². The largest absolute Gasteiger partial charge is 0.506 e. The summed E-state index contributed by atoms with van der Waals surface area (Å²) < 4.78 is 0.173. The zero-order chi connectivity index (χ0) is 11.7. The van der Waals surface area contributed by atoms with Crippen LogP contribution >= 0.6 is 15.9 Å². The number of halogens is 1. The number of carbonyl (C=O) groups is 1. The highest BCUT2D eigenvalue weighted by atomic mass is 79.9. The fourth-order valence-corrected chi connectivity index (χ4v) is 1.78. The number of phenols is 2. The molecular weight excluding hydrogens is 260 g/mol. The third-order valence-corrected chi connectivity index (χ3v) is 2.95. The molecule has 1 aromatic rings. The van der Waals surface area contributed by atoms with Gasteiger partial charge in [-0.25, -0.2) is 0 Å². The standard InChI is InChI=1S/C11H13BrO3/c1-5(2)9(13)7-4-6(3)10(14)8(12)11(7)15/h4-5,14-15H,1-3H3. The number of aryl methyl sites for hydroxylation is 1. The van der Waals surface area contributed by atoms with Gasteiger partial charge < -0.3 is 10.2 Å². The van der Waals surface area contributed by atoms with Crippen LogP contribution in [0.1, 0.15) is 29.8 Å². The summed E-state index contributed by atoms with van der Waals surface area (Å²) >= 11 is 3.05. The normalized spacial score (nSPS) is 10.7. The number of aromatic hydroxyl groups is 2. The molecule has 0 saturated carbocycles. The van der Waals surface area contributed by atoms with E-state index >= 15 is 0 Å². The van der Waals surface area contributed by atoms with Crippen molar-refractivity contribution in [3.63, 3.8) is 0 Å². The fraction of sp³-hybridized carbons (Fsp3) is 0.364. The van der Waals surface area contributed by atoms with Crippen LogP contribution in [0.25, 0.3) is 0 Å². The third kappa shape index (κ3) is 2.15. The molecule has 15 heavy (non-hydrogen) atoms. The van der Waals surface area contributed by atoms with Crippen molar-refractivity contribution in [3.8, 4) is 11.5 Å². The molecule has 3 nitrogen and oxygen atoms in total. The number of hydrogen-bond donors (Lipinski definition) is 2. The van der Waals surface area contributed by atoms with Crippen LogP contribution < -0.4 is 0 Å². The molecule has 0 atom stereocenters. The summed E-state index contributed by atoms with van der Waals surface area (Å²) in [5.41, 5.74) is 0.802. The van der Waals surface area contributed by atoms with E-state index in [9.17, 15) is 15.0 Å². The van der Waals surface area contributed by atoms with Crippen molar-refractivity contribution in [2.24, 2.45) is 5.92 Å². The van der Waals surface area contributed by atoms with Crippen LogP contribution in [-0.4, -0.2) is 16.0 Å². The van der Waals surface area contributed by atoms with Gasteiger partial charge in [-0.15, -0.1) is 0 Å². The predicted octanol–water partition coefficient (Wildman–Crippen LogP) is 3.01. The van der Waals surface area contributed by atoms with Crippen molar-refractivity contribution < 1.29 is 15.0 Å². The molecule has 1 aromatic carbocycles. The lowest BCUT2D eigenvalue weighted by molar-refractivity contribution is 0.0936. The Morgan fingerprint density at radius 2 is 1.87 bits per heavy atom. The molecule has 4 heteroatoms. The smallest absolute Gasteiger partial charge is 0.169 e. The Kier molecular flexibility index (Phi) is 3.39. The van der Waals surface area contributed by atoms with Gasteiger partial charge in [-0.2, -0.15) is 0 Å². The zero-order valence-corrected chi connectivity index (χ0v) is 10.4. The zero-order valence-electron chi connectivity index (χ0n) is 8.84. The molecule has 82 valence electrons. The molecule has 0 aliphatic carbocycles. The molecule has 0 spiro atoms. The molecular formula is C11H13BrO3. The second-order valence-corrected chi connectivity index (χ2v) is 4.56. The molecule has 0 bridgehead atoms. The molecule has 0 saturated heterocycles. The van der Waals surface area contributed by atoms with Gasteiger partial charge in [-0.05, 0) is 34.5 Å². The summed E-state index contributed by atoms with van der Waals surface area (Å²) in [6.07, 6.45) is 0. The fourth-order valence-electron chi connectivity index (χ4n) is 1.26. The molecule has 2 N–H and O–H groups in total. The first-order valence-corrected chi connectivity index (χ1v) is 5.40. The number of hydrogen-bond acceptors (Lipinski definition) is 3. The lowest BCUT2D eigenvalue weighted by Gasteiger charge is -2.11. The van der Waals surface area contributed by atoms with Crippen LogP contribution in [0, 0.1) is 12.8 Å². The van der Waals surface area contributed by atoms with Gasteiger partial charge in [0.15, 0.2) is 5.78 Å². The number of phenolic OH excluding ortho intramolecular Hbond substituents is 2. The first-order chi connectivity index (χ1) is 6.86. The van der Waals surface area contributed by atoms with Crippen molar-refractivity contribution in [3.05, 3.63) is 21.7 Å². The Labute approximate surface area is 96.9 Å². The number of carbonyl (C=O) groups excluding carboxylic acids is 1. The molecule has 0 radical (unpaired) electrons. The van der Waals surface area contributed by atoms with Crippen molar-refractivity contribution in [2.75, 3.05) is 0 Å². The Hall–Kier alpha value is -1.03. The monoisotopic (exact) mass is 272 g/mol. The second-order valence-electron chi connectivity index (χ2n) is 3.77. The van der Waals surface area contributed by atoms with Crippen molar-refractivity contribution in [2.45, 2.75) is 20.8 Å². The molecule has 0 unspecified atom stereocenters. The number of Topliss-reactive ketones (excluding diaryl/α,β-unsaturated/α-hetero) is 1. The highest BCUT2D eigenvalue weighted by Gasteiger charge is 2.20. The number of rotatable bonds is 2. The summed E-state index contributed by atoms with van der Waals surface area (Å²) in [6.45, 7) is 5.20. The Balaban J connectivity index is 3.39. The van der Waals surface area contributed by atoms with Gasteiger partial charge in [-0.3, -0.25) is 4.79 Å². The Morgan fingerprint density at radius 3 is 2.33 bits per heavy atom. The van der Waals surface area contributed by atoms with E-state index in [1.807, 2.05) is 0 Å². The van der Waals surface area contributed by atoms with E-state index in [-0.39, 0.29) is 33.2 Å². The van der Waals surface area contributed by atoms with E-state index in [0.29, 0.717) is 5.56 Å². The Morgan fingerprint density at radius 1 is 1.33 bits per heavy atom. The summed E-state index contributed by atoms with van der Waals surface area (Å²) in [7, 11) is 0. The number of benzene rings is 1.